The molecule has 0 unspecified atom stereocenters. The summed E-state index contributed by atoms with van der Waals surface area (Å²) < 4.78 is 14.4. The Morgan fingerprint density at radius 2 is 2.12 bits per heavy atom. The Labute approximate surface area is 113 Å². The van der Waals surface area contributed by atoms with Gasteiger partial charge >= 0.3 is 0 Å². The fourth-order valence-corrected chi connectivity index (χ4v) is 1.94. The minimum Gasteiger partial charge on any atom is -0.372 e. The van der Waals surface area contributed by atoms with Gasteiger partial charge < -0.3 is 5.32 Å². The fourth-order valence-electron chi connectivity index (χ4n) is 1.41. The van der Waals surface area contributed by atoms with Gasteiger partial charge in [0.25, 0.3) is 0 Å². The highest BCUT2D eigenvalue weighted by Gasteiger charge is 2.07. The quantitative estimate of drug-likeness (QED) is 0.851. The predicted octanol–water partition coefficient (Wildman–Crippen LogP) is 3.24. The monoisotopic (exact) mass is 343 g/mol. The van der Waals surface area contributed by atoms with Crippen molar-refractivity contribution in [1.29, 1.82) is 0 Å². The minimum absolute atomic E-state index is 0.240. The molecule has 17 heavy (non-hydrogen) atoms. The van der Waals surface area contributed by atoms with Gasteiger partial charge in [-0.3, -0.25) is 0 Å². The lowest BCUT2D eigenvalue weighted by Gasteiger charge is -2.06. The van der Waals surface area contributed by atoms with Crippen LogP contribution in [0.2, 0.25) is 0 Å². The Balaban J connectivity index is 2.49. The van der Waals surface area contributed by atoms with Gasteiger partial charge in [0.2, 0.25) is 0 Å². The molecule has 1 aromatic carbocycles. The molecule has 0 saturated heterocycles. The molecule has 0 atom stereocenters. The maximum Gasteiger partial charge on any atom is 0.161 e. The Morgan fingerprint density at radius 3 is 2.76 bits per heavy atom. The van der Waals surface area contributed by atoms with E-state index in [-0.39, 0.29) is 5.82 Å². The summed E-state index contributed by atoms with van der Waals surface area (Å²) >= 11 is 2.15. The van der Waals surface area contributed by atoms with Crippen molar-refractivity contribution in [2.45, 2.75) is 6.92 Å². The van der Waals surface area contributed by atoms with Crippen LogP contribution in [0.15, 0.2) is 24.4 Å². The Bertz CT molecular complexity index is 557. The molecule has 3 nitrogen and oxygen atoms in total. The van der Waals surface area contributed by atoms with Gasteiger partial charge in [0.1, 0.15) is 11.6 Å². The molecule has 2 aromatic rings. The summed E-state index contributed by atoms with van der Waals surface area (Å²) in [5, 5.41) is 2.98. The van der Waals surface area contributed by atoms with Gasteiger partial charge in [-0.15, -0.1) is 0 Å². The van der Waals surface area contributed by atoms with Crippen molar-refractivity contribution in [2.24, 2.45) is 0 Å². The van der Waals surface area contributed by atoms with Crippen LogP contribution in [0, 0.1) is 16.3 Å². The molecule has 0 spiro atoms. The van der Waals surface area contributed by atoms with E-state index in [1.807, 2.05) is 6.07 Å². The summed E-state index contributed by atoms with van der Waals surface area (Å²) in [5.74, 6) is 1.03. The van der Waals surface area contributed by atoms with Gasteiger partial charge in [-0.2, -0.15) is 0 Å². The number of hydrogen-bond acceptors (Lipinski definition) is 3. The zero-order valence-electron chi connectivity index (χ0n) is 9.46. The molecule has 0 radical (unpaired) electrons. The van der Waals surface area contributed by atoms with Gasteiger partial charge in [-0.1, -0.05) is 12.1 Å². The van der Waals surface area contributed by atoms with Gasteiger partial charge in [0, 0.05) is 18.8 Å². The van der Waals surface area contributed by atoms with Crippen molar-refractivity contribution in [3.05, 3.63) is 39.3 Å². The van der Waals surface area contributed by atoms with Crippen LogP contribution in [0.1, 0.15) is 5.56 Å². The summed E-state index contributed by atoms with van der Waals surface area (Å²) in [6.07, 6.45) is 1.71. The number of nitrogens with zero attached hydrogens (tertiary/aromatic N) is 2. The molecule has 0 amide bonds. The summed E-state index contributed by atoms with van der Waals surface area (Å²) in [6.45, 7) is 1.73. The van der Waals surface area contributed by atoms with E-state index in [2.05, 4.69) is 37.9 Å². The first-order chi connectivity index (χ1) is 8.11. The SMILES string of the molecule is CNc1nc(-c2ccc(C)c(F)c2)ncc1I. The van der Waals surface area contributed by atoms with E-state index in [1.54, 1.807) is 26.2 Å². The van der Waals surface area contributed by atoms with Crippen LogP contribution in [-0.4, -0.2) is 17.0 Å². The summed E-state index contributed by atoms with van der Waals surface area (Å²) in [5.41, 5.74) is 1.30. The van der Waals surface area contributed by atoms with Crippen molar-refractivity contribution < 1.29 is 4.39 Å². The van der Waals surface area contributed by atoms with Crippen LogP contribution in [0.25, 0.3) is 11.4 Å². The van der Waals surface area contributed by atoms with Crippen molar-refractivity contribution >= 4 is 28.4 Å². The summed E-state index contributed by atoms with van der Waals surface area (Å²) in [4.78, 5) is 8.54. The second-order valence-electron chi connectivity index (χ2n) is 3.60. The molecule has 1 N–H and O–H groups in total. The van der Waals surface area contributed by atoms with Gasteiger partial charge in [-0.05, 0) is 41.1 Å². The predicted molar refractivity (Wildman–Crippen MR) is 74.4 cm³/mol. The number of hydrogen-bond donors (Lipinski definition) is 1. The lowest BCUT2D eigenvalue weighted by atomic mass is 10.1. The van der Waals surface area contributed by atoms with Crippen molar-refractivity contribution in [3.8, 4) is 11.4 Å². The van der Waals surface area contributed by atoms with Gasteiger partial charge in [0.15, 0.2) is 5.82 Å². The molecule has 0 aliphatic rings. The first-order valence-corrected chi connectivity index (χ1v) is 6.16. The van der Waals surface area contributed by atoms with Crippen LogP contribution in [0.5, 0.6) is 0 Å². The third-order valence-corrected chi connectivity index (χ3v) is 3.20. The maximum atomic E-state index is 13.5. The average molecular weight is 343 g/mol. The topological polar surface area (TPSA) is 37.8 Å². The van der Waals surface area contributed by atoms with Crippen LogP contribution < -0.4 is 5.32 Å². The zero-order valence-corrected chi connectivity index (χ0v) is 11.6. The highest BCUT2D eigenvalue weighted by Crippen LogP contribution is 2.21. The molecular formula is C12H11FIN3. The van der Waals surface area contributed by atoms with E-state index < -0.39 is 0 Å². The number of aromatic nitrogens is 2. The van der Waals surface area contributed by atoms with E-state index in [1.165, 1.54) is 6.07 Å². The van der Waals surface area contributed by atoms with Crippen molar-refractivity contribution in [1.82, 2.24) is 9.97 Å². The van der Waals surface area contributed by atoms with E-state index in [0.717, 1.165) is 9.39 Å². The zero-order chi connectivity index (χ0) is 12.4. The van der Waals surface area contributed by atoms with Crippen LogP contribution >= 0.6 is 22.6 Å². The normalized spacial score (nSPS) is 10.4. The Kier molecular flexibility index (Phi) is 3.56. The standard InChI is InChI=1S/C12H11FIN3/c1-7-3-4-8(5-9(7)13)11-16-6-10(14)12(15-2)17-11/h3-6H,1-2H3,(H,15,16,17). The number of anilines is 1. The van der Waals surface area contributed by atoms with E-state index >= 15 is 0 Å². The summed E-state index contributed by atoms with van der Waals surface area (Å²) in [7, 11) is 1.80. The first kappa shape index (κ1) is 12.2. The largest absolute Gasteiger partial charge is 0.372 e. The molecule has 0 saturated carbocycles. The number of halogens is 2. The second kappa shape index (κ2) is 4.95. The Hall–Kier alpha value is -1.24. The first-order valence-electron chi connectivity index (χ1n) is 5.08. The van der Waals surface area contributed by atoms with E-state index in [9.17, 15) is 4.39 Å². The van der Waals surface area contributed by atoms with Crippen molar-refractivity contribution in [2.75, 3.05) is 12.4 Å². The third kappa shape index (κ3) is 2.54. The van der Waals surface area contributed by atoms with Gasteiger partial charge in [-0.25, -0.2) is 14.4 Å². The molecule has 0 bridgehead atoms. The number of aryl methyl sites for hydroxylation is 1. The molecule has 0 fully saturated rings. The maximum absolute atomic E-state index is 13.5. The minimum atomic E-state index is -0.240. The molecule has 1 heterocycles. The van der Waals surface area contributed by atoms with E-state index in [4.69, 9.17) is 0 Å². The summed E-state index contributed by atoms with van der Waals surface area (Å²) in [6, 6.07) is 5.00. The molecular weight excluding hydrogens is 332 g/mol. The Morgan fingerprint density at radius 1 is 1.35 bits per heavy atom. The molecule has 0 aliphatic carbocycles. The van der Waals surface area contributed by atoms with Crippen molar-refractivity contribution in [3.63, 3.8) is 0 Å². The lowest BCUT2D eigenvalue weighted by molar-refractivity contribution is 0.619. The van der Waals surface area contributed by atoms with Crippen LogP contribution in [0.4, 0.5) is 10.2 Å². The highest BCUT2D eigenvalue weighted by molar-refractivity contribution is 14.1. The highest BCUT2D eigenvalue weighted by atomic mass is 127. The lowest BCUT2D eigenvalue weighted by Crippen LogP contribution is -1.99. The average Bonchev–Trinajstić information content (AvgIpc) is 2.33. The number of rotatable bonds is 2. The number of benzene rings is 1. The molecule has 88 valence electrons. The smallest absolute Gasteiger partial charge is 0.161 e. The van der Waals surface area contributed by atoms with E-state index in [0.29, 0.717) is 17.0 Å². The van der Waals surface area contributed by atoms with Crippen LogP contribution in [0.3, 0.4) is 0 Å². The number of nitrogens with one attached hydrogen (secondary N) is 1. The fraction of sp³-hybridized carbons (Fsp3) is 0.167. The third-order valence-electron chi connectivity index (χ3n) is 2.41. The molecule has 0 aliphatic heterocycles. The second-order valence-corrected chi connectivity index (χ2v) is 4.77. The van der Waals surface area contributed by atoms with Gasteiger partial charge in [0.05, 0.1) is 3.57 Å². The molecule has 5 heteroatoms. The molecule has 2 rings (SSSR count). The van der Waals surface area contributed by atoms with Crippen LogP contribution in [-0.2, 0) is 0 Å². The molecule has 1 aromatic heterocycles.